The molecule has 3 aromatic rings. The van der Waals surface area contributed by atoms with Gasteiger partial charge in [-0.05, 0) is 43.5 Å². The van der Waals surface area contributed by atoms with Crippen molar-refractivity contribution in [2.45, 2.75) is 52.0 Å². The number of nitrogens with one attached hydrogen (secondary N) is 1. The van der Waals surface area contributed by atoms with Gasteiger partial charge in [-0.3, -0.25) is 8.98 Å². The third-order valence-corrected chi connectivity index (χ3v) is 8.22. The molecule has 0 fully saturated rings. The van der Waals surface area contributed by atoms with E-state index in [4.69, 9.17) is 14.0 Å². The van der Waals surface area contributed by atoms with Crippen LogP contribution in [-0.2, 0) is 42.8 Å². The maximum absolute atomic E-state index is 14.6. The van der Waals surface area contributed by atoms with E-state index in [0.29, 0.717) is 33.5 Å². The summed E-state index contributed by atoms with van der Waals surface area (Å²) in [5, 5.41) is 20.5. The molecule has 11 nitrogen and oxygen atoms in total. The number of aliphatic hydroxyl groups is 2. The lowest BCUT2D eigenvalue weighted by atomic mass is 9.86. The number of ether oxygens (including phenoxy) is 1. The number of rotatable bonds is 7. The first-order valence-corrected chi connectivity index (χ1v) is 13.4. The Bertz CT molecular complexity index is 1670. The third kappa shape index (κ3) is 4.01. The summed E-state index contributed by atoms with van der Waals surface area (Å²) in [6.45, 7) is 3.53. The Balaban J connectivity index is 1.76. The van der Waals surface area contributed by atoms with Crippen molar-refractivity contribution in [3.05, 3.63) is 62.2 Å². The number of benzene rings is 1. The van der Waals surface area contributed by atoms with Gasteiger partial charge in [0.1, 0.15) is 12.4 Å². The van der Waals surface area contributed by atoms with Crippen LogP contribution in [0.2, 0.25) is 0 Å². The zero-order valence-corrected chi connectivity index (χ0v) is 21.7. The Hall–Kier alpha value is -3.23. The number of pyridine rings is 2. The number of hydrogen-bond donors (Lipinski definition) is 3. The lowest BCUT2D eigenvalue weighted by Crippen LogP contribution is -2.44. The van der Waals surface area contributed by atoms with E-state index in [0.717, 1.165) is 0 Å². The van der Waals surface area contributed by atoms with E-state index in [9.17, 15) is 27.5 Å². The van der Waals surface area contributed by atoms with Crippen LogP contribution in [0.3, 0.4) is 0 Å². The molecule has 2 aliphatic heterocycles. The highest BCUT2D eigenvalue weighted by molar-refractivity contribution is 7.84. The number of aromatic nitrogens is 2. The SMILES string of the molecule is CC[C@@]1(O)C(=O)OCc2c1cc1n(c2=O)Cc2c-1nc1cc(F)c(C)cc1c2[C@H](C)NS(=O)(=O)OCCO. The van der Waals surface area contributed by atoms with E-state index < -0.39 is 52.5 Å². The first-order valence-electron chi connectivity index (χ1n) is 12.0. The van der Waals surface area contributed by atoms with Crippen LogP contribution in [0.15, 0.2) is 23.0 Å². The maximum atomic E-state index is 14.6. The van der Waals surface area contributed by atoms with Gasteiger partial charge in [-0.15, -0.1) is 0 Å². The molecular formula is C25H26FN3O8S. The lowest BCUT2D eigenvalue weighted by Gasteiger charge is -2.31. The topological polar surface area (TPSA) is 157 Å². The van der Waals surface area contributed by atoms with Gasteiger partial charge >= 0.3 is 16.3 Å². The summed E-state index contributed by atoms with van der Waals surface area (Å²) >= 11 is 0. The average molecular weight is 548 g/mol. The number of esters is 1. The summed E-state index contributed by atoms with van der Waals surface area (Å²) in [5.74, 6) is -1.37. The molecule has 0 aliphatic carbocycles. The predicted octanol–water partition coefficient (Wildman–Crippen LogP) is 1.43. The molecule has 4 heterocycles. The van der Waals surface area contributed by atoms with Gasteiger partial charge in [-0.25, -0.2) is 14.2 Å². The molecule has 2 aromatic heterocycles. The van der Waals surface area contributed by atoms with E-state index in [2.05, 4.69) is 9.71 Å². The molecule has 13 heteroatoms. The van der Waals surface area contributed by atoms with Gasteiger partial charge in [0.25, 0.3) is 5.56 Å². The molecule has 0 radical (unpaired) electrons. The zero-order valence-electron chi connectivity index (χ0n) is 20.9. The van der Waals surface area contributed by atoms with Crippen LogP contribution in [-0.4, -0.2) is 47.4 Å². The molecule has 0 saturated carbocycles. The fraction of sp³-hybridized carbons (Fsp3) is 0.400. The van der Waals surface area contributed by atoms with Crippen LogP contribution in [0.4, 0.5) is 4.39 Å². The van der Waals surface area contributed by atoms with Crippen molar-refractivity contribution >= 4 is 27.2 Å². The summed E-state index contributed by atoms with van der Waals surface area (Å²) in [5.41, 5.74) is -0.0817. The summed E-state index contributed by atoms with van der Waals surface area (Å²) in [4.78, 5) is 30.6. The van der Waals surface area contributed by atoms with E-state index in [1.807, 2.05) is 0 Å². The molecule has 0 unspecified atom stereocenters. The summed E-state index contributed by atoms with van der Waals surface area (Å²) < 4.78 is 53.2. The van der Waals surface area contributed by atoms with Crippen LogP contribution >= 0.6 is 0 Å². The third-order valence-electron chi connectivity index (χ3n) is 7.10. The number of nitrogens with zero attached hydrogens (tertiary/aromatic N) is 2. The van der Waals surface area contributed by atoms with Crippen molar-refractivity contribution in [3.8, 4) is 11.4 Å². The van der Waals surface area contributed by atoms with Crippen molar-refractivity contribution in [2.24, 2.45) is 0 Å². The van der Waals surface area contributed by atoms with Crippen LogP contribution < -0.4 is 10.3 Å². The minimum Gasteiger partial charge on any atom is -0.458 e. The highest BCUT2D eigenvalue weighted by Gasteiger charge is 2.45. The van der Waals surface area contributed by atoms with Crippen LogP contribution in [0, 0.1) is 12.7 Å². The number of halogens is 1. The largest absolute Gasteiger partial charge is 0.458 e. The molecule has 38 heavy (non-hydrogen) atoms. The highest BCUT2D eigenvalue weighted by atomic mass is 32.2. The molecule has 202 valence electrons. The molecular weight excluding hydrogens is 521 g/mol. The second-order valence-electron chi connectivity index (χ2n) is 9.41. The Morgan fingerprint density at radius 3 is 2.71 bits per heavy atom. The quantitative estimate of drug-likeness (QED) is 0.291. The van der Waals surface area contributed by atoms with Crippen LogP contribution in [0.1, 0.15) is 54.1 Å². The maximum Gasteiger partial charge on any atom is 0.343 e. The molecule has 0 bridgehead atoms. The molecule has 0 spiro atoms. The fourth-order valence-electron chi connectivity index (χ4n) is 5.19. The van der Waals surface area contributed by atoms with Gasteiger partial charge in [0, 0.05) is 28.6 Å². The number of aryl methyl sites for hydroxylation is 1. The minimum absolute atomic E-state index is 0.0214. The van der Waals surface area contributed by atoms with E-state index in [1.54, 1.807) is 26.8 Å². The van der Waals surface area contributed by atoms with Crippen LogP contribution in [0.25, 0.3) is 22.3 Å². The number of aliphatic hydroxyl groups excluding tert-OH is 1. The van der Waals surface area contributed by atoms with Crippen molar-refractivity contribution < 1.29 is 36.7 Å². The Kier molecular flexibility index (Phi) is 6.39. The van der Waals surface area contributed by atoms with Gasteiger partial charge in [0.05, 0.1) is 42.2 Å². The molecule has 1 aromatic carbocycles. The van der Waals surface area contributed by atoms with E-state index >= 15 is 0 Å². The number of cyclic esters (lactones) is 1. The average Bonchev–Trinajstić information content (AvgIpc) is 3.23. The molecule has 0 saturated heterocycles. The summed E-state index contributed by atoms with van der Waals surface area (Å²) in [7, 11) is -4.27. The van der Waals surface area contributed by atoms with Crippen molar-refractivity contribution in [2.75, 3.05) is 13.2 Å². The number of carbonyl (C=O) groups is 1. The number of carbonyl (C=O) groups excluding carboxylic acids is 1. The Morgan fingerprint density at radius 2 is 2.03 bits per heavy atom. The number of fused-ring (bicyclic) bond motifs is 5. The first-order chi connectivity index (χ1) is 17.9. The highest BCUT2D eigenvalue weighted by Crippen LogP contribution is 2.42. The van der Waals surface area contributed by atoms with Gasteiger partial charge in [-0.2, -0.15) is 13.1 Å². The number of hydrogen-bond acceptors (Lipinski definition) is 9. The van der Waals surface area contributed by atoms with Crippen LogP contribution in [0.5, 0.6) is 0 Å². The normalized spacial score (nSPS) is 19.2. The summed E-state index contributed by atoms with van der Waals surface area (Å²) in [6, 6.07) is 3.42. The standard InChI is InChI=1S/C25H26FN3O8S/c1-4-25(33)17-8-20-22-15(10-29(20)23(31)16(17)11-36-24(25)32)21(13(3)28-38(34,35)37-6-5-30)14-7-12(2)18(26)9-19(14)27-22/h7-9,13,28,30,33H,4-6,10-11H2,1-3H3/t13-,25-/m0/s1. The monoisotopic (exact) mass is 547 g/mol. The lowest BCUT2D eigenvalue weighted by molar-refractivity contribution is -0.172. The minimum atomic E-state index is -4.27. The molecule has 5 rings (SSSR count). The van der Waals surface area contributed by atoms with Crippen molar-refractivity contribution in [1.82, 2.24) is 14.3 Å². The molecule has 2 atom stereocenters. The fourth-order valence-corrected chi connectivity index (χ4v) is 6.10. The van der Waals surface area contributed by atoms with Crippen molar-refractivity contribution in [3.63, 3.8) is 0 Å². The van der Waals surface area contributed by atoms with E-state index in [-0.39, 0.29) is 36.2 Å². The molecule has 3 N–H and O–H groups in total. The Morgan fingerprint density at radius 1 is 1.29 bits per heavy atom. The van der Waals surface area contributed by atoms with Crippen molar-refractivity contribution in [1.29, 1.82) is 0 Å². The Labute approximate surface area is 217 Å². The predicted molar refractivity (Wildman–Crippen MR) is 133 cm³/mol. The van der Waals surface area contributed by atoms with Gasteiger partial charge in [-0.1, -0.05) is 6.92 Å². The molecule has 2 aliphatic rings. The van der Waals surface area contributed by atoms with Gasteiger partial charge in [0.2, 0.25) is 0 Å². The van der Waals surface area contributed by atoms with E-state index in [1.165, 1.54) is 16.7 Å². The summed E-state index contributed by atoms with van der Waals surface area (Å²) in [6.07, 6.45) is -0.0257. The smallest absolute Gasteiger partial charge is 0.343 e. The second kappa shape index (κ2) is 9.20. The van der Waals surface area contributed by atoms with Gasteiger partial charge < -0.3 is 19.5 Å². The first kappa shape index (κ1) is 26.4. The zero-order chi connectivity index (χ0) is 27.6. The van der Waals surface area contributed by atoms with Gasteiger partial charge in [0.15, 0.2) is 5.60 Å². The second-order valence-corrected chi connectivity index (χ2v) is 10.8. The molecule has 0 amide bonds.